The summed E-state index contributed by atoms with van der Waals surface area (Å²) in [4.78, 5) is 7.88. The van der Waals surface area contributed by atoms with Crippen LogP contribution in [0.2, 0.25) is 0 Å². The van der Waals surface area contributed by atoms with Gasteiger partial charge in [0.05, 0.1) is 12.0 Å². The second kappa shape index (κ2) is 6.33. The van der Waals surface area contributed by atoms with Crippen molar-refractivity contribution in [3.05, 3.63) is 42.0 Å². The van der Waals surface area contributed by atoms with Gasteiger partial charge in [-0.2, -0.15) is 4.31 Å². The summed E-state index contributed by atoms with van der Waals surface area (Å²) in [6.45, 7) is 2.96. The third kappa shape index (κ3) is 3.25. The highest BCUT2D eigenvalue weighted by Gasteiger charge is 2.31. The Balaban J connectivity index is 1.81. The van der Waals surface area contributed by atoms with E-state index in [9.17, 15) is 8.42 Å². The summed E-state index contributed by atoms with van der Waals surface area (Å²) in [6.07, 6.45) is 3.56. The van der Waals surface area contributed by atoms with Crippen molar-refractivity contribution in [2.45, 2.75) is 30.6 Å². The molecule has 2 heterocycles. The number of H-pyrrole nitrogens is 1. The molecule has 23 heavy (non-hydrogen) atoms. The van der Waals surface area contributed by atoms with Crippen molar-refractivity contribution >= 4 is 10.0 Å². The zero-order chi connectivity index (χ0) is 16.4. The second-order valence-electron chi connectivity index (χ2n) is 5.83. The topological polar surface area (TPSA) is 75.3 Å². The SMILES string of the molecule is COc1ccc(S(=O)(=O)N2CCC[C@H](c3ncc(C)[nH]3)C2)cc1. The Morgan fingerprint density at radius 2 is 2.04 bits per heavy atom. The van der Waals surface area contributed by atoms with Crippen LogP contribution in [-0.4, -0.2) is 42.9 Å². The summed E-state index contributed by atoms with van der Waals surface area (Å²) in [5, 5.41) is 0. The van der Waals surface area contributed by atoms with Crippen LogP contribution in [0.3, 0.4) is 0 Å². The van der Waals surface area contributed by atoms with E-state index < -0.39 is 10.0 Å². The predicted molar refractivity (Wildman–Crippen MR) is 87.1 cm³/mol. The van der Waals surface area contributed by atoms with E-state index in [1.807, 2.05) is 6.92 Å². The Morgan fingerprint density at radius 3 is 2.65 bits per heavy atom. The molecular weight excluding hydrogens is 314 g/mol. The number of sulfonamides is 1. The molecule has 1 N–H and O–H groups in total. The first kappa shape index (κ1) is 16.0. The molecule has 1 aromatic heterocycles. The fraction of sp³-hybridized carbons (Fsp3) is 0.438. The number of rotatable bonds is 4. The minimum Gasteiger partial charge on any atom is -0.497 e. The van der Waals surface area contributed by atoms with E-state index in [2.05, 4.69) is 9.97 Å². The van der Waals surface area contributed by atoms with Crippen LogP contribution in [0.4, 0.5) is 0 Å². The number of benzene rings is 1. The van der Waals surface area contributed by atoms with E-state index in [4.69, 9.17) is 4.74 Å². The van der Waals surface area contributed by atoms with Crippen molar-refractivity contribution < 1.29 is 13.2 Å². The quantitative estimate of drug-likeness (QED) is 0.930. The number of hydrogen-bond donors (Lipinski definition) is 1. The van der Waals surface area contributed by atoms with E-state index in [0.717, 1.165) is 24.4 Å². The van der Waals surface area contributed by atoms with Crippen LogP contribution in [0.1, 0.15) is 30.3 Å². The third-order valence-corrected chi connectivity index (χ3v) is 6.07. The largest absolute Gasteiger partial charge is 0.497 e. The molecule has 7 heteroatoms. The lowest BCUT2D eigenvalue weighted by Gasteiger charge is -2.31. The van der Waals surface area contributed by atoms with E-state index in [1.165, 1.54) is 0 Å². The van der Waals surface area contributed by atoms with Crippen LogP contribution >= 0.6 is 0 Å². The van der Waals surface area contributed by atoms with Gasteiger partial charge < -0.3 is 9.72 Å². The summed E-state index contributed by atoms with van der Waals surface area (Å²) in [5.41, 5.74) is 0.995. The van der Waals surface area contributed by atoms with Gasteiger partial charge in [0.25, 0.3) is 0 Å². The summed E-state index contributed by atoms with van der Waals surface area (Å²) < 4.78 is 32.3. The molecule has 1 aliphatic heterocycles. The second-order valence-corrected chi connectivity index (χ2v) is 7.77. The van der Waals surface area contributed by atoms with Crippen molar-refractivity contribution in [3.63, 3.8) is 0 Å². The molecule has 1 atom stereocenters. The predicted octanol–water partition coefficient (Wildman–Crippen LogP) is 2.30. The highest BCUT2D eigenvalue weighted by molar-refractivity contribution is 7.89. The molecule has 1 saturated heterocycles. The van der Waals surface area contributed by atoms with Gasteiger partial charge >= 0.3 is 0 Å². The van der Waals surface area contributed by atoms with Crippen LogP contribution in [-0.2, 0) is 10.0 Å². The minimum absolute atomic E-state index is 0.116. The van der Waals surface area contributed by atoms with Crippen molar-refractivity contribution in [1.82, 2.24) is 14.3 Å². The molecular formula is C16H21N3O3S. The molecule has 0 saturated carbocycles. The fourth-order valence-electron chi connectivity index (χ4n) is 2.92. The van der Waals surface area contributed by atoms with E-state index in [1.54, 1.807) is 41.9 Å². The molecule has 1 fully saturated rings. The monoisotopic (exact) mass is 335 g/mol. The Hall–Kier alpha value is -1.86. The number of aryl methyl sites for hydroxylation is 1. The Labute approximate surface area is 136 Å². The number of methoxy groups -OCH3 is 1. The van der Waals surface area contributed by atoms with Crippen LogP contribution in [0, 0.1) is 6.92 Å². The molecule has 3 rings (SSSR count). The fourth-order valence-corrected chi connectivity index (χ4v) is 4.44. The average molecular weight is 335 g/mol. The molecule has 124 valence electrons. The molecule has 0 spiro atoms. The third-order valence-electron chi connectivity index (χ3n) is 4.19. The Morgan fingerprint density at radius 1 is 1.30 bits per heavy atom. The van der Waals surface area contributed by atoms with Gasteiger partial charge in [0.15, 0.2) is 0 Å². The zero-order valence-corrected chi connectivity index (χ0v) is 14.1. The van der Waals surface area contributed by atoms with Gasteiger partial charge in [0, 0.05) is 30.9 Å². The number of aromatic amines is 1. The maximum Gasteiger partial charge on any atom is 0.243 e. The maximum absolute atomic E-state index is 12.8. The van der Waals surface area contributed by atoms with Crippen molar-refractivity contribution in [2.24, 2.45) is 0 Å². The maximum atomic E-state index is 12.8. The van der Waals surface area contributed by atoms with Crippen molar-refractivity contribution in [1.29, 1.82) is 0 Å². The van der Waals surface area contributed by atoms with Crippen molar-refractivity contribution in [3.8, 4) is 5.75 Å². The first-order chi connectivity index (χ1) is 11.0. The van der Waals surface area contributed by atoms with Gasteiger partial charge in [-0.3, -0.25) is 0 Å². The van der Waals surface area contributed by atoms with Crippen LogP contribution in [0.15, 0.2) is 35.4 Å². The lowest BCUT2D eigenvalue weighted by atomic mass is 9.99. The van der Waals surface area contributed by atoms with Gasteiger partial charge in [-0.1, -0.05) is 0 Å². The van der Waals surface area contributed by atoms with Gasteiger partial charge in [0.1, 0.15) is 11.6 Å². The molecule has 2 aromatic rings. The first-order valence-electron chi connectivity index (χ1n) is 7.66. The molecule has 0 aliphatic carbocycles. The number of nitrogens with one attached hydrogen (secondary N) is 1. The Bertz CT molecular complexity index is 768. The van der Waals surface area contributed by atoms with Gasteiger partial charge in [-0.25, -0.2) is 13.4 Å². The lowest BCUT2D eigenvalue weighted by Crippen LogP contribution is -2.39. The summed E-state index contributed by atoms with van der Waals surface area (Å²) in [6, 6.07) is 6.53. The van der Waals surface area contributed by atoms with E-state index >= 15 is 0 Å². The van der Waals surface area contributed by atoms with E-state index in [-0.39, 0.29) is 5.92 Å². The molecule has 0 amide bonds. The smallest absolute Gasteiger partial charge is 0.243 e. The molecule has 1 aliphatic rings. The number of ether oxygens (including phenoxy) is 1. The van der Waals surface area contributed by atoms with Crippen LogP contribution in [0.25, 0.3) is 0 Å². The zero-order valence-electron chi connectivity index (χ0n) is 13.3. The number of nitrogens with zero attached hydrogens (tertiary/aromatic N) is 2. The number of imidazole rings is 1. The molecule has 6 nitrogen and oxygen atoms in total. The van der Waals surface area contributed by atoms with Gasteiger partial charge in [-0.05, 0) is 44.0 Å². The number of aromatic nitrogens is 2. The number of hydrogen-bond acceptors (Lipinski definition) is 4. The molecule has 0 bridgehead atoms. The van der Waals surface area contributed by atoms with Gasteiger partial charge in [0.2, 0.25) is 10.0 Å². The summed E-state index contributed by atoms with van der Waals surface area (Å²) in [5.74, 6) is 1.63. The Kier molecular flexibility index (Phi) is 4.41. The molecule has 0 radical (unpaired) electrons. The number of piperidine rings is 1. The minimum atomic E-state index is -3.49. The summed E-state index contributed by atoms with van der Waals surface area (Å²) >= 11 is 0. The van der Waals surface area contributed by atoms with Crippen LogP contribution in [0.5, 0.6) is 5.75 Å². The van der Waals surface area contributed by atoms with Gasteiger partial charge in [-0.15, -0.1) is 0 Å². The highest BCUT2D eigenvalue weighted by Crippen LogP contribution is 2.29. The van der Waals surface area contributed by atoms with Crippen molar-refractivity contribution in [2.75, 3.05) is 20.2 Å². The van der Waals surface area contributed by atoms with Crippen LogP contribution < -0.4 is 4.74 Å². The molecule has 0 unspecified atom stereocenters. The summed E-state index contributed by atoms with van der Waals surface area (Å²) in [7, 11) is -1.93. The highest BCUT2D eigenvalue weighted by atomic mass is 32.2. The lowest BCUT2D eigenvalue weighted by molar-refractivity contribution is 0.310. The van der Waals surface area contributed by atoms with E-state index in [0.29, 0.717) is 23.7 Å². The first-order valence-corrected chi connectivity index (χ1v) is 9.10. The average Bonchev–Trinajstić information content (AvgIpc) is 3.01. The molecule has 1 aromatic carbocycles. The standard InChI is InChI=1S/C16H21N3O3S/c1-12-10-17-16(18-12)13-4-3-9-19(11-13)23(20,21)15-7-5-14(22-2)6-8-15/h5-8,10,13H,3-4,9,11H2,1-2H3,(H,17,18)/t13-/m0/s1. The normalized spacial score (nSPS) is 19.7.